The van der Waals surface area contributed by atoms with E-state index in [1.165, 1.54) is 12.1 Å². The van der Waals surface area contributed by atoms with Gasteiger partial charge in [-0.15, -0.1) is 0 Å². The minimum absolute atomic E-state index is 0.243. The number of halogens is 1. The van der Waals surface area contributed by atoms with E-state index in [9.17, 15) is 4.39 Å². The van der Waals surface area contributed by atoms with Gasteiger partial charge in [0.1, 0.15) is 11.6 Å². The van der Waals surface area contributed by atoms with Crippen LogP contribution in [0.4, 0.5) is 10.2 Å². The van der Waals surface area contributed by atoms with Crippen molar-refractivity contribution in [1.29, 1.82) is 0 Å². The Balaban J connectivity index is 2.00. The number of nitrogens with one attached hydrogen (secondary N) is 1. The maximum absolute atomic E-state index is 13.2. The van der Waals surface area contributed by atoms with Crippen molar-refractivity contribution in [1.82, 2.24) is 15.3 Å². The van der Waals surface area contributed by atoms with Crippen molar-refractivity contribution in [2.24, 2.45) is 0 Å². The summed E-state index contributed by atoms with van der Waals surface area (Å²) in [6.45, 7) is 8.20. The van der Waals surface area contributed by atoms with Gasteiger partial charge in [0.2, 0.25) is 0 Å². The molecular weight excluding hydrogens is 291 g/mol. The fourth-order valence-electron chi connectivity index (χ4n) is 2.71. The summed E-state index contributed by atoms with van der Waals surface area (Å²) in [5.74, 6) is 1.71. The van der Waals surface area contributed by atoms with Gasteiger partial charge in [0.15, 0.2) is 5.82 Å². The third-order valence-electron chi connectivity index (χ3n) is 4.09. The van der Waals surface area contributed by atoms with Gasteiger partial charge in [0.05, 0.1) is 0 Å². The van der Waals surface area contributed by atoms with E-state index < -0.39 is 0 Å². The van der Waals surface area contributed by atoms with Crippen LogP contribution in [0.25, 0.3) is 11.4 Å². The van der Waals surface area contributed by atoms with Gasteiger partial charge in [-0.05, 0) is 43.1 Å². The lowest BCUT2D eigenvalue weighted by molar-refractivity contribution is 0.628. The number of anilines is 1. The van der Waals surface area contributed by atoms with Crippen molar-refractivity contribution >= 4 is 5.82 Å². The molecule has 0 amide bonds. The predicted octanol–water partition coefficient (Wildman–Crippen LogP) is 3.21. The minimum atomic E-state index is -0.243. The first-order valence-electron chi connectivity index (χ1n) is 8.24. The summed E-state index contributed by atoms with van der Waals surface area (Å²) in [7, 11) is 0. The molecule has 0 aliphatic carbocycles. The second-order valence-electron chi connectivity index (χ2n) is 6.23. The van der Waals surface area contributed by atoms with E-state index in [0.717, 1.165) is 49.7 Å². The van der Waals surface area contributed by atoms with Crippen LogP contribution in [0.1, 0.15) is 31.9 Å². The highest BCUT2D eigenvalue weighted by Gasteiger charge is 2.15. The third kappa shape index (κ3) is 3.85. The summed E-state index contributed by atoms with van der Waals surface area (Å²) in [5, 5.41) is 3.41. The van der Waals surface area contributed by atoms with Crippen LogP contribution in [-0.2, 0) is 0 Å². The molecule has 0 atom stereocenters. The standard InChI is InChI=1S/C18H23FN4/c1-13(2)16-12-17(23-10-3-8-20-9-11-23)22-18(21-16)14-4-6-15(19)7-5-14/h4-7,12-13,20H,3,8-11H2,1-2H3. The normalized spacial score (nSPS) is 15.7. The highest BCUT2D eigenvalue weighted by Crippen LogP contribution is 2.24. The van der Waals surface area contributed by atoms with Crippen molar-refractivity contribution < 1.29 is 4.39 Å². The summed E-state index contributed by atoms with van der Waals surface area (Å²) in [6.07, 6.45) is 1.10. The average Bonchev–Trinajstić information content (AvgIpc) is 2.84. The smallest absolute Gasteiger partial charge is 0.161 e. The van der Waals surface area contributed by atoms with E-state index in [2.05, 4.69) is 35.1 Å². The fraction of sp³-hybridized carbons (Fsp3) is 0.444. The van der Waals surface area contributed by atoms with Gasteiger partial charge in [0.25, 0.3) is 0 Å². The van der Waals surface area contributed by atoms with Crippen LogP contribution in [0.15, 0.2) is 30.3 Å². The molecular formula is C18H23FN4. The van der Waals surface area contributed by atoms with E-state index in [4.69, 9.17) is 4.98 Å². The van der Waals surface area contributed by atoms with Gasteiger partial charge >= 0.3 is 0 Å². The topological polar surface area (TPSA) is 41.0 Å². The zero-order valence-electron chi connectivity index (χ0n) is 13.7. The Morgan fingerprint density at radius 3 is 2.61 bits per heavy atom. The predicted molar refractivity (Wildman–Crippen MR) is 91.2 cm³/mol. The summed E-state index contributed by atoms with van der Waals surface area (Å²) in [6, 6.07) is 8.47. The van der Waals surface area contributed by atoms with Crippen LogP contribution in [0, 0.1) is 5.82 Å². The Kier molecular flexibility index (Phi) is 4.86. The third-order valence-corrected chi connectivity index (χ3v) is 4.09. The lowest BCUT2D eigenvalue weighted by Crippen LogP contribution is -2.29. The van der Waals surface area contributed by atoms with Crippen LogP contribution >= 0.6 is 0 Å². The lowest BCUT2D eigenvalue weighted by Gasteiger charge is -2.22. The molecule has 1 aromatic carbocycles. The van der Waals surface area contributed by atoms with E-state index in [0.29, 0.717) is 11.7 Å². The second kappa shape index (κ2) is 7.04. The van der Waals surface area contributed by atoms with E-state index in [1.54, 1.807) is 12.1 Å². The molecule has 0 spiro atoms. The summed E-state index contributed by atoms with van der Waals surface area (Å²) in [5.41, 5.74) is 1.87. The molecule has 4 nitrogen and oxygen atoms in total. The van der Waals surface area contributed by atoms with Crippen molar-refractivity contribution in [2.45, 2.75) is 26.2 Å². The fourth-order valence-corrected chi connectivity index (χ4v) is 2.71. The number of hydrogen-bond acceptors (Lipinski definition) is 4. The highest BCUT2D eigenvalue weighted by atomic mass is 19.1. The second-order valence-corrected chi connectivity index (χ2v) is 6.23. The first-order chi connectivity index (χ1) is 11.1. The maximum Gasteiger partial charge on any atom is 0.161 e. The molecule has 0 bridgehead atoms. The number of rotatable bonds is 3. The molecule has 1 aromatic heterocycles. The zero-order valence-corrected chi connectivity index (χ0v) is 13.7. The highest BCUT2D eigenvalue weighted by molar-refractivity contribution is 5.58. The van der Waals surface area contributed by atoms with Gasteiger partial charge in [-0.1, -0.05) is 13.8 Å². The molecule has 0 unspecified atom stereocenters. The molecule has 1 saturated heterocycles. The Labute approximate surface area is 136 Å². The number of hydrogen-bond donors (Lipinski definition) is 1. The lowest BCUT2D eigenvalue weighted by atomic mass is 10.1. The molecule has 3 rings (SSSR count). The Bertz CT molecular complexity index is 647. The van der Waals surface area contributed by atoms with Crippen LogP contribution in [-0.4, -0.2) is 36.1 Å². The van der Waals surface area contributed by atoms with Crippen molar-refractivity contribution in [3.63, 3.8) is 0 Å². The SMILES string of the molecule is CC(C)c1cc(N2CCCNCC2)nc(-c2ccc(F)cc2)n1. The maximum atomic E-state index is 13.2. The van der Waals surface area contributed by atoms with Gasteiger partial charge in [-0.3, -0.25) is 0 Å². The molecule has 0 radical (unpaired) electrons. The van der Waals surface area contributed by atoms with E-state index in [1.807, 2.05) is 0 Å². The molecule has 1 aliphatic rings. The van der Waals surface area contributed by atoms with Gasteiger partial charge < -0.3 is 10.2 Å². The molecule has 1 N–H and O–H groups in total. The first kappa shape index (κ1) is 15.9. The van der Waals surface area contributed by atoms with Gasteiger partial charge in [0, 0.05) is 37.0 Å². The summed E-state index contributed by atoms with van der Waals surface area (Å²) < 4.78 is 13.2. The van der Waals surface area contributed by atoms with E-state index in [-0.39, 0.29) is 5.82 Å². The van der Waals surface area contributed by atoms with Crippen LogP contribution in [0.5, 0.6) is 0 Å². The molecule has 23 heavy (non-hydrogen) atoms. The van der Waals surface area contributed by atoms with Crippen molar-refractivity contribution in [3.8, 4) is 11.4 Å². The van der Waals surface area contributed by atoms with Crippen LogP contribution in [0.2, 0.25) is 0 Å². The number of nitrogens with zero attached hydrogens (tertiary/aromatic N) is 3. The Hall–Kier alpha value is -2.01. The molecule has 1 aliphatic heterocycles. The van der Waals surface area contributed by atoms with Crippen molar-refractivity contribution in [3.05, 3.63) is 41.8 Å². The molecule has 2 heterocycles. The average molecular weight is 314 g/mol. The number of aromatic nitrogens is 2. The Morgan fingerprint density at radius 2 is 1.87 bits per heavy atom. The molecule has 2 aromatic rings. The van der Waals surface area contributed by atoms with Crippen LogP contribution < -0.4 is 10.2 Å². The first-order valence-corrected chi connectivity index (χ1v) is 8.24. The molecule has 122 valence electrons. The van der Waals surface area contributed by atoms with Crippen LogP contribution in [0.3, 0.4) is 0 Å². The van der Waals surface area contributed by atoms with E-state index >= 15 is 0 Å². The number of benzene rings is 1. The zero-order chi connectivity index (χ0) is 16.2. The van der Waals surface area contributed by atoms with Crippen molar-refractivity contribution in [2.75, 3.05) is 31.1 Å². The summed E-state index contributed by atoms with van der Waals surface area (Å²) in [4.78, 5) is 11.7. The summed E-state index contributed by atoms with van der Waals surface area (Å²) >= 11 is 0. The largest absolute Gasteiger partial charge is 0.355 e. The molecule has 1 fully saturated rings. The quantitative estimate of drug-likeness (QED) is 0.944. The Morgan fingerprint density at radius 1 is 1.09 bits per heavy atom. The molecule has 0 saturated carbocycles. The minimum Gasteiger partial charge on any atom is -0.355 e. The monoisotopic (exact) mass is 314 g/mol. The van der Waals surface area contributed by atoms with Gasteiger partial charge in [-0.2, -0.15) is 0 Å². The van der Waals surface area contributed by atoms with Gasteiger partial charge in [-0.25, -0.2) is 14.4 Å². The molecule has 5 heteroatoms.